The molecule has 1 heterocycles. The molecule has 0 radical (unpaired) electrons. The Hall–Kier alpha value is -0.920. The van der Waals surface area contributed by atoms with Crippen LogP contribution in [0.2, 0.25) is 0 Å². The summed E-state index contributed by atoms with van der Waals surface area (Å²) in [6.45, 7) is 3.72. The zero-order valence-corrected chi connectivity index (χ0v) is 10.8. The number of anilines is 2. The van der Waals surface area contributed by atoms with E-state index in [4.69, 9.17) is 5.84 Å². The predicted molar refractivity (Wildman–Crippen MR) is 66.9 cm³/mol. The van der Waals surface area contributed by atoms with E-state index in [2.05, 4.69) is 36.6 Å². The van der Waals surface area contributed by atoms with Gasteiger partial charge in [-0.2, -0.15) is 4.98 Å². The van der Waals surface area contributed by atoms with Crippen LogP contribution < -0.4 is 16.6 Å². The molecular formula is C9H16BrN5O. The first-order valence-corrected chi connectivity index (χ1v) is 5.76. The SMILES string of the molecule is CC(O)CC(C)Nc1nc(NN)ncc1Br. The molecule has 0 fully saturated rings. The first-order valence-electron chi connectivity index (χ1n) is 4.96. The number of aliphatic hydroxyl groups is 1. The monoisotopic (exact) mass is 289 g/mol. The second-order valence-electron chi connectivity index (χ2n) is 3.66. The molecule has 2 unspecified atom stereocenters. The average molecular weight is 290 g/mol. The number of hydrogen-bond acceptors (Lipinski definition) is 6. The van der Waals surface area contributed by atoms with Crippen molar-refractivity contribution in [3.8, 4) is 0 Å². The first kappa shape index (κ1) is 13.1. The molecule has 0 saturated heterocycles. The van der Waals surface area contributed by atoms with Gasteiger partial charge in [0.1, 0.15) is 5.82 Å². The van der Waals surface area contributed by atoms with E-state index in [1.165, 1.54) is 0 Å². The van der Waals surface area contributed by atoms with Crippen LogP contribution in [0.5, 0.6) is 0 Å². The topological polar surface area (TPSA) is 96.1 Å². The van der Waals surface area contributed by atoms with E-state index in [0.29, 0.717) is 18.2 Å². The van der Waals surface area contributed by atoms with Gasteiger partial charge in [0, 0.05) is 12.2 Å². The number of halogens is 1. The summed E-state index contributed by atoms with van der Waals surface area (Å²) in [4.78, 5) is 8.09. The minimum Gasteiger partial charge on any atom is -0.393 e. The van der Waals surface area contributed by atoms with Gasteiger partial charge in [-0.15, -0.1) is 0 Å². The lowest BCUT2D eigenvalue weighted by Crippen LogP contribution is -2.22. The van der Waals surface area contributed by atoms with Crippen LogP contribution in [0.3, 0.4) is 0 Å². The highest BCUT2D eigenvalue weighted by Gasteiger charge is 2.10. The van der Waals surface area contributed by atoms with Gasteiger partial charge in [-0.1, -0.05) is 0 Å². The van der Waals surface area contributed by atoms with E-state index >= 15 is 0 Å². The lowest BCUT2D eigenvalue weighted by atomic mass is 10.1. The number of aromatic nitrogens is 2. The zero-order valence-electron chi connectivity index (χ0n) is 9.24. The molecule has 0 amide bonds. The molecule has 0 aliphatic heterocycles. The second-order valence-corrected chi connectivity index (χ2v) is 4.52. The van der Waals surface area contributed by atoms with Crippen LogP contribution in [-0.4, -0.2) is 27.2 Å². The van der Waals surface area contributed by atoms with Gasteiger partial charge >= 0.3 is 0 Å². The van der Waals surface area contributed by atoms with E-state index in [1.54, 1.807) is 13.1 Å². The standard InChI is InChI=1S/C9H16BrN5O/c1-5(3-6(2)16)13-8-7(10)4-12-9(14-8)15-11/h4-6,16H,3,11H2,1-2H3,(H2,12,13,14,15). The van der Waals surface area contributed by atoms with E-state index in [-0.39, 0.29) is 12.1 Å². The van der Waals surface area contributed by atoms with Crippen LogP contribution in [0.4, 0.5) is 11.8 Å². The van der Waals surface area contributed by atoms with Crippen LogP contribution in [0.25, 0.3) is 0 Å². The third kappa shape index (κ3) is 3.92. The van der Waals surface area contributed by atoms with Gasteiger partial charge in [0.15, 0.2) is 0 Å². The highest BCUT2D eigenvalue weighted by atomic mass is 79.9. The molecule has 0 aliphatic carbocycles. The predicted octanol–water partition coefficient (Wildman–Crippen LogP) is 1.10. The minimum absolute atomic E-state index is 0.108. The fraction of sp³-hybridized carbons (Fsp3) is 0.556. The van der Waals surface area contributed by atoms with Gasteiger partial charge in [0.25, 0.3) is 0 Å². The number of nitrogen functional groups attached to an aromatic ring is 1. The number of nitrogens with zero attached hydrogens (tertiary/aromatic N) is 2. The Kier molecular flexibility index (Phi) is 4.91. The van der Waals surface area contributed by atoms with Crippen LogP contribution in [0.1, 0.15) is 20.3 Å². The first-order chi connectivity index (χ1) is 7.52. The summed E-state index contributed by atoms with van der Waals surface area (Å²) in [6.07, 6.45) is 1.90. The van der Waals surface area contributed by atoms with Crippen molar-refractivity contribution in [2.45, 2.75) is 32.4 Å². The van der Waals surface area contributed by atoms with Crippen molar-refractivity contribution < 1.29 is 5.11 Å². The molecule has 1 aromatic heterocycles. The van der Waals surface area contributed by atoms with E-state index in [9.17, 15) is 5.11 Å². The Morgan fingerprint density at radius 2 is 2.25 bits per heavy atom. The highest BCUT2D eigenvalue weighted by molar-refractivity contribution is 9.10. The number of aliphatic hydroxyl groups excluding tert-OH is 1. The van der Waals surface area contributed by atoms with Crippen molar-refractivity contribution in [3.63, 3.8) is 0 Å². The number of hydrogen-bond donors (Lipinski definition) is 4. The van der Waals surface area contributed by atoms with Gasteiger partial charge in [0.2, 0.25) is 5.95 Å². The van der Waals surface area contributed by atoms with E-state index < -0.39 is 0 Å². The molecule has 2 atom stereocenters. The van der Waals surface area contributed by atoms with Gasteiger partial charge in [-0.25, -0.2) is 10.8 Å². The van der Waals surface area contributed by atoms with Gasteiger partial charge in [-0.3, -0.25) is 5.43 Å². The molecule has 0 saturated carbocycles. The molecule has 1 rings (SSSR count). The maximum atomic E-state index is 9.25. The fourth-order valence-electron chi connectivity index (χ4n) is 1.34. The van der Waals surface area contributed by atoms with Crippen molar-refractivity contribution in [3.05, 3.63) is 10.7 Å². The lowest BCUT2D eigenvalue weighted by Gasteiger charge is -2.17. The molecule has 1 aromatic rings. The van der Waals surface area contributed by atoms with Crippen LogP contribution in [0.15, 0.2) is 10.7 Å². The normalized spacial score (nSPS) is 14.3. The highest BCUT2D eigenvalue weighted by Crippen LogP contribution is 2.21. The summed E-state index contributed by atoms with van der Waals surface area (Å²) >= 11 is 3.34. The summed E-state index contributed by atoms with van der Waals surface area (Å²) in [5, 5.41) is 12.4. The maximum absolute atomic E-state index is 9.25. The second kappa shape index (κ2) is 5.97. The minimum atomic E-state index is -0.352. The Morgan fingerprint density at radius 3 is 2.81 bits per heavy atom. The molecule has 0 aromatic carbocycles. The molecule has 0 spiro atoms. The molecule has 0 bridgehead atoms. The average Bonchev–Trinajstić information content (AvgIpc) is 2.20. The summed E-state index contributed by atoms with van der Waals surface area (Å²) < 4.78 is 0.754. The van der Waals surface area contributed by atoms with Crippen molar-refractivity contribution in [1.29, 1.82) is 0 Å². The third-order valence-corrected chi connectivity index (χ3v) is 2.53. The Morgan fingerprint density at radius 1 is 1.56 bits per heavy atom. The summed E-state index contributed by atoms with van der Waals surface area (Å²) in [7, 11) is 0. The van der Waals surface area contributed by atoms with Crippen LogP contribution in [0, 0.1) is 0 Å². The quantitative estimate of drug-likeness (QED) is 0.479. The Bertz CT molecular complexity index is 347. The fourth-order valence-corrected chi connectivity index (χ4v) is 1.65. The van der Waals surface area contributed by atoms with Crippen LogP contribution >= 0.6 is 15.9 Å². The molecule has 16 heavy (non-hydrogen) atoms. The van der Waals surface area contributed by atoms with Crippen LogP contribution in [-0.2, 0) is 0 Å². The largest absolute Gasteiger partial charge is 0.393 e. The van der Waals surface area contributed by atoms with Crippen molar-refractivity contribution in [2.75, 3.05) is 10.7 Å². The van der Waals surface area contributed by atoms with E-state index in [1.807, 2.05) is 6.92 Å². The molecular weight excluding hydrogens is 274 g/mol. The van der Waals surface area contributed by atoms with Gasteiger partial charge < -0.3 is 10.4 Å². The number of nitrogens with two attached hydrogens (primary N) is 1. The number of rotatable bonds is 5. The van der Waals surface area contributed by atoms with Crippen molar-refractivity contribution >= 4 is 27.7 Å². The molecule has 6 nitrogen and oxygen atoms in total. The van der Waals surface area contributed by atoms with Crippen molar-refractivity contribution in [2.24, 2.45) is 5.84 Å². The third-order valence-electron chi connectivity index (χ3n) is 1.95. The molecule has 7 heteroatoms. The molecule has 0 aliphatic rings. The summed E-state index contributed by atoms with van der Waals surface area (Å²) in [5.74, 6) is 6.21. The van der Waals surface area contributed by atoms with Gasteiger partial charge in [-0.05, 0) is 36.2 Å². The maximum Gasteiger partial charge on any atom is 0.239 e. The molecule has 90 valence electrons. The number of hydrazine groups is 1. The van der Waals surface area contributed by atoms with Crippen molar-refractivity contribution in [1.82, 2.24) is 9.97 Å². The smallest absolute Gasteiger partial charge is 0.239 e. The Balaban J connectivity index is 2.71. The Labute approximate surface area is 103 Å². The number of nitrogens with one attached hydrogen (secondary N) is 2. The summed E-state index contributed by atoms with van der Waals surface area (Å²) in [6, 6.07) is 0.108. The van der Waals surface area contributed by atoms with E-state index in [0.717, 1.165) is 4.47 Å². The molecule has 5 N–H and O–H groups in total. The summed E-state index contributed by atoms with van der Waals surface area (Å²) in [5.41, 5.74) is 2.38. The van der Waals surface area contributed by atoms with Gasteiger partial charge in [0.05, 0.1) is 10.6 Å². The lowest BCUT2D eigenvalue weighted by molar-refractivity contribution is 0.179. The zero-order chi connectivity index (χ0) is 12.1.